The molecule has 0 atom stereocenters. The van der Waals surface area contributed by atoms with Crippen LogP contribution in [0.4, 0.5) is 21.3 Å². The van der Waals surface area contributed by atoms with Crippen LogP contribution in [0.15, 0.2) is 72.1 Å². The minimum absolute atomic E-state index is 0.126. The molecule has 0 saturated carbocycles. The highest BCUT2D eigenvalue weighted by atomic mass is 32.1. The van der Waals surface area contributed by atoms with Crippen LogP contribution in [0, 0.1) is 6.92 Å². The Balaban J connectivity index is 1.35. The van der Waals surface area contributed by atoms with E-state index in [2.05, 4.69) is 20.9 Å². The largest absolute Gasteiger partial charge is 0.325 e. The number of nitrogens with one attached hydrogen (secondary N) is 3. The van der Waals surface area contributed by atoms with Crippen molar-refractivity contribution in [2.24, 2.45) is 0 Å². The summed E-state index contributed by atoms with van der Waals surface area (Å²) in [6.45, 7) is 1.98. The van der Waals surface area contributed by atoms with Crippen molar-refractivity contribution in [3.63, 3.8) is 0 Å². The molecule has 1 aromatic heterocycles. The molecule has 0 radical (unpaired) electrons. The maximum atomic E-state index is 12.5. The van der Waals surface area contributed by atoms with Crippen LogP contribution in [-0.4, -0.2) is 16.9 Å². The highest BCUT2D eigenvalue weighted by Crippen LogP contribution is 2.23. The molecule has 1 heterocycles. The Labute approximate surface area is 178 Å². The molecule has 7 heteroatoms. The third-order valence-electron chi connectivity index (χ3n) is 4.49. The van der Waals surface area contributed by atoms with Gasteiger partial charge in [-0.25, -0.2) is 9.78 Å². The van der Waals surface area contributed by atoms with E-state index in [4.69, 9.17) is 0 Å². The number of rotatable bonds is 5. The summed E-state index contributed by atoms with van der Waals surface area (Å²) in [6.07, 6.45) is 0.126. The first-order valence-electron chi connectivity index (χ1n) is 9.43. The second-order valence-corrected chi connectivity index (χ2v) is 7.70. The second-order valence-electron chi connectivity index (χ2n) is 6.84. The molecule has 3 aromatic carbocycles. The molecule has 0 bridgehead atoms. The van der Waals surface area contributed by atoms with Gasteiger partial charge in [-0.3, -0.25) is 10.1 Å². The Morgan fingerprint density at radius 3 is 2.50 bits per heavy atom. The first-order valence-corrected chi connectivity index (χ1v) is 10.3. The zero-order valence-electron chi connectivity index (χ0n) is 16.3. The molecule has 3 amide bonds. The molecule has 3 N–H and O–H groups in total. The van der Waals surface area contributed by atoms with E-state index >= 15 is 0 Å². The molecule has 6 nitrogen and oxygen atoms in total. The van der Waals surface area contributed by atoms with Gasteiger partial charge in [-0.1, -0.05) is 54.1 Å². The highest BCUT2D eigenvalue weighted by Gasteiger charge is 2.11. The summed E-state index contributed by atoms with van der Waals surface area (Å²) in [4.78, 5) is 28.9. The number of hydrogen-bond acceptors (Lipinski definition) is 4. The zero-order valence-corrected chi connectivity index (χ0v) is 17.1. The lowest BCUT2D eigenvalue weighted by atomic mass is 10.1. The van der Waals surface area contributed by atoms with E-state index in [-0.39, 0.29) is 18.4 Å². The van der Waals surface area contributed by atoms with Crippen molar-refractivity contribution in [3.8, 4) is 0 Å². The van der Waals surface area contributed by atoms with Gasteiger partial charge in [0.1, 0.15) is 0 Å². The number of urea groups is 1. The third kappa shape index (κ3) is 4.82. The lowest BCUT2D eigenvalue weighted by Crippen LogP contribution is -2.19. The smallest absolute Gasteiger partial charge is 0.325 e. The molecule has 0 aliphatic heterocycles. The van der Waals surface area contributed by atoms with Crippen LogP contribution in [-0.2, 0) is 11.2 Å². The van der Waals surface area contributed by atoms with Gasteiger partial charge in [0.2, 0.25) is 5.91 Å². The van der Waals surface area contributed by atoms with Crippen LogP contribution in [0.25, 0.3) is 10.8 Å². The summed E-state index contributed by atoms with van der Waals surface area (Å²) in [7, 11) is 0. The molecule has 150 valence electrons. The van der Waals surface area contributed by atoms with Crippen LogP contribution in [0.5, 0.6) is 0 Å². The Morgan fingerprint density at radius 2 is 1.67 bits per heavy atom. The summed E-state index contributed by atoms with van der Waals surface area (Å²) in [6, 6.07) is 20.8. The zero-order chi connectivity index (χ0) is 20.9. The number of aryl methyl sites for hydroxylation is 1. The molecule has 0 spiro atoms. The molecule has 0 aliphatic carbocycles. The summed E-state index contributed by atoms with van der Waals surface area (Å²) in [5.74, 6) is -0.160. The minimum Gasteiger partial charge on any atom is -0.325 e. The number of benzene rings is 3. The minimum atomic E-state index is -0.375. The molecule has 4 aromatic rings. The van der Waals surface area contributed by atoms with Crippen molar-refractivity contribution in [1.82, 2.24) is 4.98 Å². The number of nitrogens with zero attached hydrogens (tertiary/aromatic N) is 1. The number of thiazole rings is 1. The summed E-state index contributed by atoms with van der Waals surface area (Å²) in [5, 5.41) is 12.7. The summed E-state index contributed by atoms with van der Waals surface area (Å²) < 4.78 is 0. The average molecular weight is 417 g/mol. The van der Waals surface area contributed by atoms with Crippen molar-refractivity contribution in [2.75, 3.05) is 16.0 Å². The van der Waals surface area contributed by atoms with E-state index in [1.54, 1.807) is 5.38 Å². The van der Waals surface area contributed by atoms with Crippen LogP contribution in [0.1, 0.15) is 11.3 Å². The third-order valence-corrected chi connectivity index (χ3v) is 5.29. The van der Waals surface area contributed by atoms with E-state index in [0.29, 0.717) is 16.5 Å². The number of carbonyl (C=O) groups excluding carboxylic acids is 2. The van der Waals surface area contributed by atoms with E-state index in [9.17, 15) is 9.59 Å². The molecular formula is C23H20N4O2S. The molecule has 30 heavy (non-hydrogen) atoms. The molecule has 4 rings (SSSR count). The quantitative estimate of drug-likeness (QED) is 0.406. The normalized spacial score (nSPS) is 10.6. The number of amides is 3. The fraction of sp³-hybridized carbons (Fsp3) is 0.0870. The molecule has 0 fully saturated rings. The fourth-order valence-electron chi connectivity index (χ4n) is 3.04. The molecule has 0 aliphatic rings. The number of fused-ring (bicyclic) bond motifs is 1. The first kappa shape index (κ1) is 19.6. The van der Waals surface area contributed by atoms with E-state index in [0.717, 1.165) is 22.0 Å². The van der Waals surface area contributed by atoms with Gasteiger partial charge in [-0.15, -0.1) is 11.3 Å². The molecule has 0 unspecified atom stereocenters. The van der Waals surface area contributed by atoms with Gasteiger partial charge in [-0.05, 0) is 30.5 Å². The Morgan fingerprint density at radius 1 is 0.900 bits per heavy atom. The predicted molar refractivity (Wildman–Crippen MR) is 122 cm³/mol. The van der Waals surface area contributed by atoms with Crippen molar-refractivity contribution in [2.45, 2.75) is 13.3 Å². The second kappa shape index (κ2) is 8.75. The standard InChI is InChI=1S/C23H20N4O2S/c1-15-9-11-17(12-10-15)24-22(29)27-23-25-18(14-30-23)13-21(28)26-20-8-4-6-16-5-2-3-7-19(16)20/h2-12,14H,13H2,1H3,(H,26,28)(H2,24,25,27,29). The van der Waals surface area contributed by atoms with Gasteiger partial charge < -0.3 is 10.6 Å². The number of aromatic nitrogens is 1. The van der Waals surface area contributed by atoms with Gasteiger partial charge in [0.15, 0.2) is 5.13 Å². The van der Waals surface area contributed by atoms with Crippen LogP contribution in [0.2, 0.25) is 0 Å². The fourth-order valence-corrected chi connectivity index (χ4v) is 3.74. The van der Waals surface area contributed by atoms with Crippen LogP contribution in [0.3, 0.4) is 0 Å². The number of carbonyl (C=O) groups is 2. The monoisotopic (exact) mass is 416 g/mol. The van der Waals surface area contributed by atoms with E-state index in [1.807, 2.05) is 73.7 Å². The van der Waals surface area contributed by atoms with Gasteiger partial charge in [0.05, 0.1) is 12.1 Å². The van der Waals surface area contributed by atoms with Crippen molar-refractivity contribution in [1.29, 1.82) is 0 Å². The summed E-state index contributed by atoms with van der Waals surface area (Å²) in [5.41, 5.74) is 3.18. The predicted octanol–water partition coefficient (Wildman–Crippen LogP) is 5.43. The van der Waals surface area contributed by atoms with E-state index in [1.165, 1.54) is 11.3 Å². The first-order chi connectivity index (χ1) is 14.6. The van der Waals surface area contributed by atoms with Gasteiger partial charge in [0, 0.05) is 22.1 Å². The summed E-state index contributed by atoms with van der Waals surface area (Å²) >= 11 is 1.28. The average Bonchev–Trinajstić information content (AvgIpc) is 3.16. The molecule has 0 saturated heterocycles. The van der Waals surface area contributed by atoms with E-state index < -0.39 is 0 Å². The van der Waals surface area contributed by atoms with Crippen molar-refractivity contribution in [3.05, 3.63) is 83.4 Å². The molecular weight excluding hydrogens is 396 g/mol. The maximum Gasteiger partial charge on any atom is 0.325 e. The van der Waals surface area contributed by atoms with Gasteiger partial charge >= 0.3 is 6.03 Å². The van der Waals surface area contributed by atoms with Crippen LogP contribution >= 0.6 is 11.3 Å². The Hall–Kier alpha value is -3.71. The lowest BCUT2D eigenvalue weighted by molar-refractivity contribution is -0.115. The van der Waals surface area contributed by atoms with Gasteiger partial charge in [-0.2, -0.15) is 0 Å². The maximum absolute atomic E-state index is 12.5. The number of anilines is 3. The SMILES string of the molecule is Cc1ccc(NC(=O)Nc2nc(CC(=O)Nc3cccc4ccccc34)cs2)cc1. The van der Waals surface area contributed by atoms with Gasteiger partial charge in [0.25, 0.3) is 0 Å². The topological polar surface area (TPSA) is 83.1 Å². The van der Waals surface area contributed by atoms with Crippen molar-refractivity contribution < 1.29 is 9.59 Å². The Kier molecular flexibility index (Phi) is 5.72. The Bertz CT molecular complexity index is 1200. The highest BCUT2D eigenvalue weighted by molar-refractivity contribution is 7.14. The lowest BCUT2D eigenvalue weighted by Gasteiger charge is -2.08. The van der Waals surface area contributed by atoms with Crippen molar-refractivity contribution >= 4 is 50.6 Å². The van der Waals surface area contributed by atoms with Crippen LogP contribution < -0.4 is 16.0 Å². The number of hydrogen-bond donors (Lipinski definition) is 3.